The van der Waals surface area contributed by atoms with Gasteiger partial charge in [-0.1, -0.05) is 18.7 Å². The maximum atomic E-state index is 10.7. The van der Waals surface area contributed by atoms with Gasteiger partial charge in [-0.25, -0.2) is 9.97 Å². The molecule has 4 nitrogen and oxygen atoms in total. The SMILES string of the molecule is CCc1cc(SC(C)C(=O)O)nc(C)n1. The largest absolute Gasteiger partial charge is 0.480 e. The van der Waals surface area contributed by atoms with Gasteiger partial charge in [-0.15, -0.1) is 0 Å². The smallest absolute Gasteiger partial charge is 0.316 e. The van der Waals surface area contributed by atoms with E-state index < -0.39 is 11.2 Å². The number of thioether (sulfide) groups is 1. The lowest BCUT2D eigenvalue weighted by molar-refractivity contribution is -0.136. The van der Waals surface area contributed by atoms with E-state index in [4.69, 9.17) is 5.11 Å². The minimum atomic E-state index is -0.825. The van der Waals surface area contributed by atoms with Gasteiger partial charge in [-0.2, -0.15) is 0 Å². The highest BCUT2D eigenvalue weighted by molar-refractivity contribution is 8.00. The van der Waals surface area contributed by atoms with Crippen LogP contribution in [0.5, 0.6) is 0 Å². The van der Waals surface area contributed by atoms with Gasteiger partial charge in [0, 0.05) is 5.69 Å². The number of carbonyl (C=O) groups is 1. The molecule has 0 amide bonds. The third-order valence-corrected chi connectivity index (χ3v) is 2.88. The summed E-state index contributed by atoms with van der Waals surface area (Å²) in [6.45, 7) is 5.47. The molecule has 0 fully saturated rings. The molecule has 0 saturated heterocycles. The zero-order valence-corrected chi connectivity index (χ0v) is 9.84. The molecule has 15 heavy (non-hydrogen) atoms. The molecule has 1 aromatic rings. The van der Waals surface area contributed by atoms with E-state index in [1.165, 1.54) is 11.8 Å². The normalized spacial score (nSPS) is 12.5. The lowest BCUT2D eigenvalue weighted by Gasteiger charge is -2.07. The molecular weight excluding hydrogens is 212 g/mol. The molecule has 0 aliphatic heterocycles. The van der Waals surface area contributed by atoms with Crippen LogP contribution in [0.2, 0.25) is 0 Å². The van der Waals surface area contributed by atoms with Crippen molar-refractivity contribution in [2.24, 2.45) is 0 Å². The van der Waals surface area contributed by atoms with Gasteiger partial charge in [-0.05, 0) is 26.3 Å². The van der Waals surface area contributed by atoms with Gasteiger partial charge >= 0.3 is 5.97 Å². The van der Waals surface area contributed by atoms with E-state index in [0.717, 1.165) is 17.1 Å². The summed E-state index contributed by atoms with van der Waals surface area (Å²) in [6, 6.07) is 1.84. The number of aliphatic carboxylic acids is 1. The van der Waals surface area contributed by atoms with Crippen LogP contribution >= 0.6 is 11.8 Å². The first-order chi connectivity index (χ1) is 7.02. The van der Waals surface area contributed by atoms with Crippen LogP contribution in [0.15, 0.2) is 11.1 Å². The molecule has 1 aromatic heterocycles. The molecule has 0 saturated carbocycles. The van der Waals surface area contributed by atoms with Crippen molar-refractivity contribution in [2.45, 2.75) is 37.5 Å². The van der Waals surface area contributed by atoms with Crippen LogP contribution in [0.25, 0.3) is 0 Å². The second kappa shape index (κ2) is 5.11. The van der Waals surface area contributed by atoms with Crippen LogP contribution < -0.4 is 0 Å². The van der Waals surface area contributed by atoms with E-state index in [0.29, 0.717) is 5.82 Å². The van der Waals surface area contributed by atoms with Crippen molar-refractivity contribution in [3.8, 4) is 0 Å². The van der Waals surface area contributed by atoms with Gasteiger partial charge in [0.1, 0.15) is 16.1 Å². The van der Waals surface area contributed by atoms with Crippen LogP contribution in [0.4, 0.5) is 0 Å². The van der Waals surface area contributed by atoms with Crippen molar-refractivity contribution < 1.29 is 9.90 Å². The van der Waals surface area contributed by atoms with Crippen LogP contribution in [0.1, 0.15) is 25.4 Å². The number of nitrogens with zero attached hydrogens (tertiary/aromatic N) is 2. The van der Waals surface area contributed by atoms with Crippen molar-refractivity contribution in [3.05, 3.63) is 17.6 Å². The van der Waals surface area contributed by atoms with Gasteiger partial charge in [0.05, 0.1) is 0 Å². The molecule has 0 aliphatic carbocycles. The molecule has 1 rings (SSSR count). The first-order valence-corrected chi connectivity index (χ1v) is 5.65. The predicted molar refractivity (Wildman–Crippen MR) is 59.1 cm³/mol. The number of hydrogen-bond acceptors (Lipinski definition) is 4. The summed E-state index contributed by atoms with van der Waals surface area (Å²) in [4.78, 5) is 19.1. The monoisotopic (exact) mass is 226 g/mol. The zero-order chi connectivity index (χ0) is 11.4. The molecular formula is C10H14N2O2S. The Morgan fingerprint density at radius 3 is 2.80 bits per heavy atom. The van der Waals surface area contributed by atoms with Crippen LogP contribution in [0, 0.1) is 6.92 Å². The Labute approximate surface area is 93.1 Å². The Morgan fingerprint density at radius 1 is 1.60 bits per heavy atom. The number of carboxylic acid groups (broad SMARTS) is 1. The number of hydrogen-bond donors (Lipinski definition) is 1. The quantitative estimate of drug-likeness (QED) is 0.627. The van der Waals surface area contributed by atoms with E-state index in [-0.39, 0.29) is 0 Å². The fraction of sp³-hybridized carbons (Fsp3) is 0.500. The summed E-state index contributed by atoms with van der Waals surface area (Å²) in [7, 11) is 0. The summed E-state index contributed by atoms with van der Waals surface area (Å²) < 4.78 is 0. The minimum absolute atomic E-state index is 0.482. The third kappa shape index (κ3) is 3.51. The fourth-order valence-electron chi connectivity index (χ4n) is 1.07. The summed E-state index contributed by atoms with van der Waals surface area (Å²) in [5, 5.41) is 9.02. The van der Waals surface area contributed by atoms with Gasteiger partial charge in [0.25, 0.3) is 0 Å². The molecule has 5 heteroatoms. The molecule has 0 bridgehead atoms. The van der Waals surface area contributed by atoms with Crippen molar-refractivity contribution in [1.82, 2.24) is 9.97 Å². The van der Waals surface area contributed by atoms with Gasteiger partial charge in [-0.3, -0.25) is 4.79 Å². The number of carboxylic acids is 1. The maximum absolute atomic E-state index is 10.7. The molecule has 1 unspecified atom stereocenters. The summed E-state index contributed by atoms with van der Waals surface area (Å²) >= 11 is 1.24. The molecule has 82 valence electrons. The molecule has 0 spiro atoms. The molecule has 1 atom stereocenters. The highest BCUT2D eigenvalue weighted by atomic mass is 32.2. The summed E-state index contributed by atoms with van der Waals surface area (Å²) in [5.74, 6) is -0.135. The van der Waals surface area contributed by atoms with Gasteiger partial charge in [0.2, 0.25) is 0 Å². The maximum Gasteiger partial charge on any atom is 0.316 e. The Morgan fingerprint density at radius 2 is 2.27 bits per heavy atom. The Kier molecular flexibility index (Phi) is 4.08. The average Bonchev–Trinajstić information content (AvgIpc) is 2.16. The highest BCUT2D eigenvalue weighted by Gasteiger charge is 2.13. The van der Waals surface area contributed by atoms with E-state index in [1.54, 1.807) is 6.92 Å². The van der Waals surface area contributed by atoms with Crippen LogP contribution in [-0.4, -0.2) is 26.3 Å². The Hall–Kier alpha value is -1.10. The van der Waals surface area contributed by atoms with Crippen molar-refractivity contribution in [1.29, 1.82) is 0 Å². The standard InChI is InChI=1S/C10H14N2O2S/c1-4-8-5-9(12-7(3)11-8)15-6(2)10(13)14/h5-6H,4H2,1-3H3,(H,13,14). The van der Waals surface area contributed by atoms with E-state index >= 15 is 0 Å². The van der Waals surface area contributed by atoms with Gasteiger partial charge < -0.3 is 5.11 Å². The first kappa shape index (κ1) is 12.0. The average molecular weight is 226 g/mol. The zero-order valence-electron chi connectivity index (χ0n) is 9.02. The Balaban J connectivity index is 2.85. The van der Waals surface area contributed by atoms with E-state index in [9.17, 15) is 4.79 Å². The number of aromatic nitrogens is 2. The predicted octanol–water partition coefficient (Wildman–Crippen LogP) is 1.91. The highest BCUT2D eigenvalue weighted by Crippen LogP contribution is 2.21. The minimum Gasteiger partial charge on any atom is -0.480 e. The van der Waals surface area contributed by atoms with E-state index in [2.05, 4.69) is 9.97 Å². The molecule has 1 N–H and O–H groups in total. The van der Waals surface area contributed by atoms with Gasteiger partial charge in [0.15, 0.2) is 0 Å². The molecule has 0 radical (unpaired) electrons. The fourth-order valence-corrected chi connectivity index (χ4v) is 1.92. The van der Waals surface area contributed by atoms with Crippen LogP contribution in [-0.2, 0) is 11.2 Å². The Bertz CT molecular complexity index is 368. The summed E-state index contributed by atoms with van der Waals surface area (Å²) in [6.07, 6.45) is 0.832. The molecule has 1 heterocycles. The lowest BCUT2D eigenvalue weighted by Crippen LogP contribution is -2.11. The first-order valence-electron chi connectivity index (χ1n) is 4.77. The van der Waals surface area contributed by atoms with Crippen molar-refractivity contribution in [3.63, 3.8) is 0 Å². The second-order valence-electron chi connectivity index (χ2n) is 3.20. The topological polar surface area (TPSA) is 63.1 Å². The second-order valence-corrected chi connectivity index (χ2v) is 4.56. The van der Waals surface area contributed by atoms with Crippen LogP contribution in [0.3, 0.4) is 0 Å². The summed E-state index contributed by atoms with van der Waals surface area (Å²) in [5.41, 5.74) is 0.947. The number of rotatable bonds is 4. The lowest BCUT2D eigenvalue weighted by atomic mass is 10.3. The van der Waals surface area contributed by atoms with Crippen molar-refractivity contribution >= 4 is 17.7 Å². The van der Waals surface area contributed by atoms with Crippen molar-refractivity contribution in [2.75, 3.05) is 0 Å². The van der Waals surface area contributed by atoms with E-state index in [1.807, 2.05) is 19.9 Å². The molecule has 0 aliphatic rings. The third-order valence-electron chi connectivity index (χ3n) is 1.88. The number of aryl methyl sites for hydroxylation is 2. The molecule has 0 aromatic carbocycles.